The van der Waals surface area contributed by atoms with Crippen molar-refractivity contribution in [1.29, 1.82) is 0 Å². The first-order chi connectivity index (χ1) is 9.67. The summed E-state index contributed by atoms with van der Waals surface area (Å²) in [5.74, 6) is 0.369. The Morgan fingerprint density at radius 1 is 1.40 bits per heavy atom. The van der Waals surface area contributed by atoms with Crippen molar-refractivity contribution in [2.24, 2.45) is 5.92 Å². The van der Waals surface area contributed by atoms with Crippen molar-refractivity contribution in [3.05, 3.63) is 30.0 Å². The minimum Gasteiger partial charge on any atom is -0.399 e. The van der Waals surface area contributed by atoms with Crippen LogP contribution in [-0.2, 0) is 0 Å². The third-order valence-electron chi connectivity index (χ3n) is 4.06. The Bertz CT molecular complexity index is 626. The third kappa shape index (κ3) is 2.43. The van der Waals surface area contributed by atoms with E-state index in [1.54, 1.807) is 0 Å². The van der Waals surface area contributed by atoms with Gasteiger partial charge in [0.2, 0.25) is 0 Å². The smallest absolute Gasteiger partial charge is 0.0727 e. The second-order valence-electron chi connectivity index (χ2n) is 5.70. The molecular weight excluding hydrogens is 250 g/mol. The monoisotopic (exact) mass is 271 g/mol. The van der Waals surface area contributed by atoms with Gasteiger partial charge >= 0.3 is 0 Å². The van der Waals surface area contributed by atoms with Crippen molar-refractivity contribution in [2.75, 3.05) is 30.3 Å². The molecule has 1 aliphatic rings. The molecule has 0 radical (unpaired) electrons. The van der Waals surface area contributed by atoms with Crippen LogP contribution in [0, 0.1) is 12.8 Å². The molecule has 20 heavy (non-hydrogen) atoms. The Hall–Kier alpha value is -1.81. The van der Waals surface area contributed by atoms with Crippen molar-refractivity contribution in [2.45, 2.75) is 19.8 Å². The Kier molecular flexibility index (Phi) is 3.49. The molecule has 2 heterocycles. The summed E-state index contributed by atoms with van der Waals surface area (Å²) in [5, 5.41) is 10.5. The van der Waals surface area contributed by atoms with Crippen LogP contribution in [0.3, 0.4) is 0 Å². The second-order valence-corrected chi connectivity index (χ2v) is 5.70. The van der Waals surface area contributed by atoms with Crippen LogP contribution in [0.4, 0.5) is 11.4 Å². The van der Waals surface area contributed by atoms with Crippen LogP contribution < -0.4 is 10.6 Å². The summed E-state index contributed by atoms with van der Waals surface area (Å²) >= 11 is 0. The number of aliphatic hydroxyl groups excluding tert-OH is 1. The van der Waals surface area contributed by atoms with Crippen molar-refractivity contribution in [1.82, 2.24) is 4.98 Å². The highest BCUT2D eigenvalue weighted by atomic mass is 16.3. The number of anilines is 2. The third-order valence-corrected chi connectivity index (χ3v) is 4.06. The summed E-state index contributed by atoms with van der Waals surface area (Å²) in [6, 6.07) is 8.00. The molecule has 1 aromatic carbocycles. The average Bonchev–Trinajstić information content (AvgIpc) is 2.47. The van der Waals surface area contributed by atoms with E-state index in [0.717, 1.165) is 48.2 Å². The molecule has 0 amide bonds. The summed E-state index contributed by atoms with van der Waals surface area (Å²) in [4.78, 5) is 6.94. The lowest BCUT2D eigenvalue weighted by Gasteiger charge is -2.34. The summed E-state index contributed by atoms with van der Waals surface area (Å²) in [7, 11) is 0. The number of aliphatic hydroxyl groups is 1. The molecule has 4 heteroatoms. The first kappa shape index (κ1) is 13.2. The van der Waals surface area contributed by atoms with E-state index >= 15 is 0 Å². The minimum absolute atomic E-state index is 0.265. The lowest BCUT2D eigenvalue weighted by atomic mass is 9.98. The quantitative estimate of drug-likeness (QED) is 0.823. The molecule has 1 aliphatic heterocycles. The van der Waals surface area contributed by atoms with E-state index in [1.807, 2.05) is 25.1 Å². The van der Waals surface area contributed by atoms with Crippen molar-refractivity contribution in [3.63, 3.8) is 0 Å². The van der Waals surface area contributed by atoms with Gasteiger partial charge in [-0.25, -0.2) is 0 Å². The number of nitrogens with zero attached hydrogens (tertiary/aromatic N) is 2. The number of hydrogen-bond acceptors (Lipinski definition) is 4. The second kappa shape index (κ2) is 5.29. The number of piperidine rings is 1. The molecule has 1 atom stereocenters. The summed E-state index contributed by atoms with van der Waals surface area (Å²) < 4.78 is 0. The first-order valence-electron chi connectivity index (χ1n) is 7.20. The van der Waals surface area contributed by atoms with Crippen molar-refractivity contribution >= 4 is 22.3 Å². The number of hydrogen-bond donors (Lipinski definition) is 2. The van der Waals surface area contributed by atoms with Crippen molar-refractivity contribution in [3.8, 4) is 0 Å². The lowest BCUT2D eigenvalue weighted by molar-refractivity contribution is 0.209. The van der Waals surface area contributed by atoms with Crippen LogP contribution in [0.25, 0.3) is 10.9 Å². The van der Waals surface area contributed by atoms with Gasteiger partial charge in [-0.1, -0.05) is 0 Å². The molecule has 0 spiro atoms. The fourth-order valence-electron chi connectivity index (χ4n) is 3.05. The molecule has 1 fully saturated rings. The predicted molar refractivity (Wildman–Crippen MR) is 82.9 cm³/mol. The number of rotatable bonds is 2. The van der Waals surface area contributed by atoms with Gasteiger partial charge in [0, 0.05) is 42.2 Å². The van der Waals surface area contributed by atoms with E-state index in [1.165, 1.54) is 5.69 Å². The van der Waals surface area contributed by atoms with Crippen LogP contribution >= 0.6 is 0 Å². The zero-order valence-electron chi connectivity index (χ0n) is 11.8. The van der Waals surface area contributed by atoms with E-state index < -0.39 is 0 Å². The van der Waals surface area contributed by atoms with Gasteiger partial charge < -0.3 is 15.7 Å². The van der Waals surface area contributed by atoms with E-state index in [0.29, 0.717) is 5.92 Å². The Labute approximate surface area is 119 Å². The molecule has 0 aliphatic carbocycles. The number of aryl methyl sites for hydroxylation is 1. The summed E-state index contributed by atoms with van der Waals surface area (Å²) in [6.45, 7) is 4.22. The molecule has 0 bridgehead atoms. The largest absolute Gasteiger partial charge is 0.399 e. The molecule has 0 saturated carbocycles. The maximum absolute atomic E-state index is 9.41. The average molecular weight is 271 g/mol. The first-order valence-corrected chi connectivity index (χ1v) is 7.20. The highest BCUT2D eigenvalue weighted by Gasteiger charge is 2.21. The minimum atomic E-state index is 0.265. The highest BCUT2D eigenvalue weighted by Crippen LogP contribution is 2.31. The van der Waals surface area contributed by atoms with E-state index in [4.69, 9.17) is 5.73 Å². The van der Waals surface area contributed by atoms with Gasteiger partial charge in [0.05, 0.1) is 5.52 Å². The van der Waals surface area contributed by atoms with Crippen LogP contribution in [-0.4, -0.2) is 29.8 Å². The predicted octanol–water partition coefficient (Wildman–Crippen LogP) is 2.33. The summed E-state index contributed by atoms with van der Waals surface area (Å²) in [5.41, 5.74) is 9.89. The van der Waals surface area contributed by atoms with Crippen LogP contribution in [0.15, 0.2) is 24.3 Å². The van der Waals surface area contributed by atoms with Gasteiger partial charge in [-0.3, -0.25) is 4.98 Å². The molecule has 1 saturated heterocycles. The van der Waals surface area contributed by atoms with Gasteiger partial charge in [0.1, 0.15) is 0 Å². The van der Waals surface area contributed by atoms with E-state index in [2.05, 4.69) is 16.0 Å². The molecule has 4 nitrogen and oxygen atoms in total. The maximum atomic E-state index is 9.41. The SMILES string of the molecule is Cc1cc(N2CCCC(CO)C2)c2cc(N)ccc2n1. The topological polar surface area (TPSA) is 62.4 Å². The molecular formula is C16H21N3O. The van der Waals surface area contributed by atoms with Crippen molar-refractivity contribution < 1.29 is 5.11 Å². The number of fused-ring (bicyclic) bond motifs is 1. The van der Waals surface area contributed by atoms with Gasteiger partial charge in [-0.15, -0.1) is 0 Å². The number of aromatic nitrogens is 1. The number of nitrogen functional groups attached to an aromatic ring is 1. The van der Waals surface area contributed by atoms with Crippen LogP contribution in [0.5, 0.6) is 0 Å². The maximum Gasteiger partial charge on any atom is 0.0727 e. The van der Waals surface area contributed by atoms with Crippen LogP contribution in [0.2, 0.25) is 0 Å². The Balaban J connectivity index is 2.07. The summed E-state index contributed by atoms with van der Waals surface area (Å²) in [6.07, 6.45) is 2.23. The van der Waals surface area contributed by atoms with E-state index in [9.17, 15) is 5.11 Å². The zero-order valence-corrected chi connectivity index (χ0v) is 11.8. The lowest BCUT2D eigenvalue weighted by Crippen LogP contribution is -2.37. The van der Waals surface area contributed by atoms with Gasteiger partial charge in [0.15, 0.2) is 0 Å². The van der Waals surface area contributed by atoms with Gasteiger partial charge in [-0.2, -0.15) is 0 Å². The molecule has 106 valence electrons. The zero-order chi connectivity index (χ0) is 14.1. The molecule has 1 unspecified atom stereocenters. The molecule has 1 aromatic heterocycles. The number of nitrogens with two attached hydrogens (primary N) is 1. The van der Waals surface area contributed by atoms with Gasteiger partial charge in [0.25, 0.3) is 0 Å². The van der Waals surface area contributed by atoms with E-state index in [-0.39, 0.29) is 6.61 Å². The normalized spacial score (nSPS) is 19.5. The Morgan fingerprint density at radius 3 is 3.05 bits per heavy atom. The van der Waals surface area contributed by atoms with Gasteiger partial charge in [-0.05, 0) is 49.9 Å². The van der Waals surface area contributed by atoms with Crippen LogP contribution in [0.1, 0.15) is 18.5 Å². The molecule has 2 aromatic rings. The molecule has 3 rings (SSSR count). The number of benzene rings is 1. The fourth-order valence-corrected chi connectivity index (χ4v) is 3.05. The standard InChI is InChI=1S/C16H21N3O/c1-11-7-16(19-6-2-3-12(9-19)10-20)14-8-13(17)4-5-15(14)18-11/h4-5,7-8,12,20H,2-3,6,9-10,17H2,1H3. The fraction of sp³-hybridized carbons (Fsp3) is 0.438. The molecule has 3 N–H and O–H groups in total. The Morgan fingerprint density at radius 2 is 2.25 bits per heavy atom. The number of pyridine rings is 1. The highest BCUT2D eigenvalue weighted by molar-refractivity contribution is 5.94.